The molecule has 0 bridgehead atoms. The van der Waals surface area contributed by atoms with E-state index in [-0.39, 0.29) is 0 Å². The van der Waals surface area contributed by atoms with Crippen LogP contribution in [0.25, 0.3) is 0 Å². The maximum atomic E-state index is 11.0. The average molecular weight is 185 g/mol. The highest BCUT2D eigenvalue weighted by atomic mass is 16.6. The van der Waals surface area contributed by atoms with Crippen LogP contribution in [0.4, 0.5) is 0 Å². The molecule has 0 rings (SSSR count). The zero-order valence-corrected chi connectivity index (χ0v) is 8.29. The minimum atomic E-state index is -0.630. The van der Waals surface area contributed by atoms with E-state index in [0.29, 0.717) is 18.5 Å². The van der Waals surface area contributed by atoms with Crippen LogP contribution in [0.5, 0.6) is 0 Å². The predicted molar refractivity (Wildman–Crippen MR) is 49.1 cm³/mol. The molecule has 0 radical (unpaired) electrons. The van der Waals surface area contributed by atoms with Crippen LogP contribution in [0, 0.1) is 0 Å². The number of carbonyl (C=O) groups excluding carboxylic acids is 2. The highest BCUT2D eigenvalue weighted by Crippen LogP contribution is 2.01. The van der Waals surface area contributed by atoms with Gasteiger partial charge < -0.3 is 9.64 Å². The molecule has 0 fully saturated rings. The smallest absolute Gasteiger partial charge is 0.341 e. The second-order valence-electron chi connectivity index (χ2n) is 3.04. The molecule has 0 aliphatic heterocycles. The Hall–Kier alpha value is -1.16. The minimum Gasteiger partial charge on any atom is -0.390 e. The SMILES string of the molecule is C=C(CCN(C)C)C(=O)OC(C)=O. The Morgan fingerprint density at radius 2 is 1.92 bits per heavy atom. The highest BCUT2D eigenvalue weighted by Gasteiger charge is 2.10. The summed E-state index contributed by atoms with van der Waals surface area (Å²) in [7, 11) is 3.78. The summed E-state index contributed by atoms with van der Waals surface area (Å²) in [4.78, 5) is 23.3. The van der Waals surface area contributed by atoms with E-state index < -0.39 is 11.9 Å². The van der Waals surface area contributed by atoms with Crippen molar-refractivity contribution in [2.45, 2.75) is 13.3 Å². The number of carbonyl (C=O) groups is 2. The van der Waals surface area contributed by atoms with Gasteiger partial charge in [0.25, 0.3) is 0 Å². The Balaban J connectivity index is 3.83. The number of hydrogen-bond donors (Lipinski definition) is 0. The molecule has 4 heteroatoms. The van der Waals surface area contributed by atoms with Crippen molar-refractivity contribution < 1.29 is 14.3 Å². The Bertz CT molecular complexity index is 221. The summed E-state index contributed by atoms with van der Waals surface area (Å²) in [5, 5.41) is 0. The summed E-state index contributed by atoms with van der Waals surface area (Å²) in [6.45, 7) is 5.43. The van der Waals surface area contributed by atoms with E-state index >= 15 is 0 Å². The van der Waals surface area contributed by atoms with Gasteiger partial charge in [-0.3, -0.25) is 4.79 Å². The van der Waals surface area contributed by atoms with Gasteiger partial charge in [-0.25, -0.2) is 4.79 Å². The maximum absolute atomic E-state index is 11.0. The fourth-order valence-corrected chi connectivity index (χ4v) is 0.663. The maximum Gasteiger partial charge on any atom is 0.341 e. The standard InChI is InChI=1S/C9H15NO3/c1-7(5-6-10(3)4)9(12)13-8(2)11/h1,5-6H2,2-4H3. The van der Waals surface area contributed by atoms with E-state index in [2.05, 4.69) is 11.3 Å². The van der Waals surface area contributed by atoms with Crippen molar-refractivity contribution in [1.82, 2.24) is 4.90 Å². The molecule has 74 valence electrons. The molecule has 4 nitrogen and oxygen atoms in total. The number of rotatable bonds is 4. The van der Waals surface area contributed by atoms with Crippen LogP contribution in [0.2, 0.25) is 0 Å². The third kappa shape index (κ3) is 6.04. The topological polar surface area (TPSA) is 46.6 Å². The van der Waals surface area contributed by atoms with Crippen LogP contribution >= 0.6 is 0 Å². The second-order valence-corrected chi connectivity index (χ2v) is 3.04. The second kappa shape index (κ2) is 5.48. The molecule has 0 aromatic heterocycles. The molecule has 0 spiro atoms. The Morgan fingerprint density at radius 1 is 1.38 bits per heavy atom. The number of hydrogen-bond acceptors (Lipinski definition) is 4. The average Bonchev–Trinajstić information content (AvgIpc) is 1.98. The van der Waals surface area contributed by atoms with Gasteiger partial charge in [0.15, 0.2) is 0 Å². The lowest BCUT2D eigenvalue weighted by atomic mass is 10.2. The van der Waals surface area contributed by atoms with E-state index in [1.807, 2.05) is 19.0 Å². The third-order valence-corrected chi connectivity index (χ3v) is 1.39. The van der Waals surface area contributed by atoms with E-state index in [1.54, 1.807) is 0 Å². The molecule has 0 aromatic carbocycles. The van der Waals surface area contributed by atoms with Crippen molar-refractivity contribution in [2.75, 3.05) is 20.6 Å². The van der Waals surface area contributed by atoms with Crippen molar-refractivity contribution in [3.8, 4) is 0 Å². The lowest BCUT2D eigenvalue weighted by molar-refractivity contribution is -0.155. The molecule has 0 saturated heterocycles. The summed E-state index contributed by atoms with van der Waals surface area (Å²) in [5.74, 6) is -1.23. The van der Waals surface area contributed by atoms with Gasteiger partial charge in [-0.05, 0) is 20.5 Å². The lowest BCUT2D eigenvalue weighted by Gasteiger charge is -2.09. The molecule has 0 atom stereocenters. The first-order chi connectivity index (χ1) is 5.93. The largest absolute Gasteiger partial charge is 0.390 e. The van der Waals surface area contributed by atoms with Crippen molar-refractivity contribution in [3.63, 3.8) is 0 Å². The Kier molecular flexibility index (Phi) is 4.99. The lowest BCUT2D eigenvalue weighted by Crippen LogP contribution is -2.17. The molecule has 0 aliphatic carbocycles. The van der Waals surface area contributed by atoms with Crippen LogP contribution in [0.1, 0.15) is 13.3 Å². The first kappa shape index (κ1) is 11.8. The van der Waals surface area contributed by atoms with Crippen molar-refractivity contribution in [1.29, 1.82) is 0 Å². The summed E-state index contributed by atoms with van der Waals surface area (Å²) in [6, 6.07) is 0. The molecular weight excluding hydrogens is 170 g/mol. The van der Waals surface area contributed by atoms with Gasteiger partial charge in [0.05, 0.1) is 0 Å². The van der Waals surface area contributed by atoms with Crippen molar-refractivity contribution >= 4 is 11.9 Å². The van der Waals surface area contributed by atoms with Crippen LogP contribution in [-0.2, 0) is 14.3 Å². The van der Waals surface area contributed by atoms with Gasteiger partial charge in [-0.15, -0.1) is 0 Å². The zero-order chi connectivity index (χ0) is 10.4. The molecule has 0 unspecified atom stereocenters. The van der Waals surface area contributed by atoms with Gasteiger partial charge in [0, 0.05) is 19.0 Å². The molecule has 0 N–H and O–H groups in total. The van der Waals surface area contributed by atoms with E-state index in [1.165, 1.54) is 6.92 Å². The molecule has 0 aliphatic rings. The molecule has 0 aromatic rings. The Labute approximate surface area is 78.2 Å². The van der Waals surface area contributed by atoms with Crippen LogP contribution in [0.3, 0.4) is 0 Å². The molecule has 13 heavy (non-hydrogen) atoms. The molecule has 0 amide bonds. The van der Waals surface area contributed by atoms with E-state index in [4.69, 9.17) is 0 Å². The van der Waals surface area contributed by atoms with E-state index in [9.17, 15) is 9.59 Å². The third-order valence-electron chi connectivity index (χ3n) is 1.39. The summed E-state index contributed by atoms with van der Waals surface area (Å²) in [5.41, 5.74) is 0.323. The van der Waals surface area contributed by atoms with E-state index in [0.717, 1.165) is 0 Å². The van der Waals surface area contributed by atoms with Crippen LogP contribution in [0.15, 0.2) is 12.2 Å². The summed E-state index contributed by atoms with van der Waals surface area (Å²) >= 11 is 0. The first-order valence-electron chi connectivity index (χ1n) is 3.98. The number of nitrogens with zero attached hydrogens (tertiary/aromatic N) is 1. The highest BCUT2D eigenvalue weighted by molar-refractivity contribution is 5.95. The Morgan fingerprint density at radius 3 is 2.31 bits per heavy atom. The number of ether oxygens (including phenoxy) is 1. The minimum absolute atomic E-state index is 0.323. The van der Waals surface area contributed by atoms with Crippen molar-refractivity contribution in [2.24, 2.45) is 0 Å². The van der Waals surface area contributed by atoms with Gasteiger partial charge >= 0.3 is 11.9 Å². The zero-order valence-electron chi connectivity index (χ0n) is 8.29. The fourth-order valence-electron chi connectivity index (χ4n) is 0.663. The quantitative estimate of drug-likeness (QED) is 0.365. The molecule has 0 saturated carbocycles. The van der Waals surface area contributed by atoms with Crippen molar-refractivity contribution in [3.05, 3.63) is 12.2 Å². The first-order valence-corrected chi connectivity index (χ1v) is 3.98. The van der Waals surface area contributed by atoms with Crippen LogP contribution < -0.4 is 0 Å². The van der Waals surface area contributed by atoms with Gasteiger partial charge in [0.2, 0.25) is 0 Å². The fraction of sp³-hybridized carbons (Fsp3) is 0.556. The van der Waals surface area contributed by atoms with Gasteiger partial charge in [-0.1, -0.05) is 6.58 Å². The molecule has 0 heterocycles. The summed E-state index contributed by atoms with van der Waals surface area (Å²) in [6.07, 6.45) is 0.513. The monoisotopic (exact) mass is 185 g/mol. The summed E-state index contributed by atoms with van der Waals surface area (Å²) < 4.78 is 4.35. The number of esters is 2. The van der Waals surface area contributed by atoms with Gasteiger partial charge in [-0.2, -0.15) is 0 Å². The van der Waals surface area contributed by atoms with Crippen LogP contribution in [-0.4, -0.2) is 37.5 Å². The normalized spacial score (nSPS) is 9.85. The van der Waals surface area contributed by atoms with Gasteiger partial charge in [0.1, 0.15) is 0 Å². The molecular formula is C9H15NO3. The predicted octanol–water partition coefficient (Wildman–Crippen LogP) is 0.584.